The molecular weight excluding hydrogens is 384 g/mol. The molecule has 0 aliphatic rings. The summed E-state index contributed by atoms with van der Waals surface area (Å²) in [7, 11) is 1.40. The second-order valence-electron chi connectivity index (χ2n) is 4.83. The number of amides is 2. The number of nitrogens with zero attached hydrogens (tertiary/aromatic N) is 2. The highest BCUT2D eigenvalue weighted by Gasteiger charge is 2.18. The monoisotopic (exact) mass is 398 g/mol. The molecule has 0 saturated heterocycles. The second-order valence-corrected chi connectivity index (χ2v) is 6.02. The van der Waals surface area contributed by atoms with E-state index in [0.717, 1.165) is 11.5 Å². The highest BCUT2D eigenvalue weighted by Crippen LogP contribution is 2.22. The van der Waals surface area contributed by atoms with Crippen LogP contribution < -0.4 is 15.6 Å². The van der Waals surface area contributed by atoms with Crippen LogP contribution in [0.15, 0.2) is 18.2 Å². The lowest BCUT2D eigenvalue weighted by molar-refractivity contribution is -0.125. The molecule has 26 heavy (non-hydrogen) atoms. The highest BCUT2D eigenvalue weighted by atomic mass is 35.5. The maximum atomic E-state index is 12.1. The van der Waals surface area contributed by atoms with E-state index in [1.54, 1.807) is 6.07 Å². The first-order valence-corrected chi connectivity index (χ1v) is 8.52. The van der Waals surface area contributed by atoms with Crippen LogP contribution in [0, 0.1) is 0 Å². The van der Waals surface area contributed by atoms with E-state index in [1.807, 2.05) is 6.92 Å². The Hall–Kier alpha value is -2.72. The lowest BCUT2D eigenvalue weighted by Gasteiger charge is -2.10. The van der Waals surface area contributed by atoms with Gasteiger partial charge in [-0.1, -0.05) is 23.0 Å². The molecule has 0 aliphatic heterocycles. The Morgan fingerprint density at radius 3 is 2.73 bits per heavy atom. The summed E-state index contributed by atoms with van der Waals surface area (Å²) in [6.45, 7) is 1.24. The number of hydrazine groups is 1. The van der Waals surface area contributed by atoms with E-state index >= 15 is 0 Å². The molecule has 1 aromatic heterocycles. The molecule has 1 aromatic carbocycles. The van der Waals surface area contributed by atoms with E-state index in [0.29, 0.717) is 17.1 Å². The number of methoxy groups -OCH3 is 1. The molecule has 9 nitrogen and oxygen atoms in total. The van der Waals surface area contributed by atoms with Crippen molar-refractivity contribution < 1.29 is 23.9 Å². The summed E-state index contributed by atoms with van der Waals surface area (Å²) in [5.41, 5.74) is 4.97. The van der Waals surface area contributed by atoms with E-state index < -0.39 is 24.4 Å². The van der Waals surface area contributed by atoms with Crippen LogP contribution in [0.5, 0.6) is 5.75 Å². The molecule has 2 N–H and O–H groups in total. The topological polar surface area (TPSA) is 120 Å². The summed E-state index contributed by atoms with van der Waals surface area (Å²) >= 11 is 6.74. The first kappa shape index (κ1) is 19.6. The Morgan fingerprint density at radius 2 is 2.04 bits per heavy atom. The predicted molar refractivity (Wildman–Crippen MR) is 93.2 cm³/mol. The van der Waals surface area contributed by atoms with Gasteiger partial charge in [0, 0.05) is 5.02 Å². The first-order chi connectivity index (χ1) is 12.5. The summed E-state index contributed by atoms with van der Waals surface area (Å²) in [6.07, 6.45) is 0.519. The molecular formula is C15H15ClN4O5S. The number of halogens is 1. The van der Waals surface area contributed by atoms with Crippen LogP contribution in [0.25, 0.3) is 0 Å². The van der Waals surface area contributed by atoms with Crippen molar-refractivity contribution in [1.82, 2.24) is 20.4 Å². The van der Waals surface area contributed by atoms with Gasteiger partial charge in [-0.15, -0.1) is 5.10 Å². The third-order valence-corrected chi connectivity index (χ3v) is 4.12. The van der Waals surface area contributed by atoms with Crippen molar-refractivity contribution in [3.05, 3.63) is 39.4 Å². The number of hydrogen-bond acceptors (Lipinski definition) is 8. The van der Waals surface area contributed by atoms with Crippen molar-refractivity contribution in [2.24, 2.45) is 0 Å². The van der Waals surface area contributed by atoms with Crippen molar-refractivity contribution in [2.45, 2.75) is 13.3 Å². The highest BCUT2D eigenvalue weighted by molar-refractivity contribution is 7.07. The molecule has 0 fully saturated rings. The van der Waals surface area contributed by atoms with Crippen LogP contribution in [-0.4, -0.2) is 41.1 Å². The number of rotatable bonds is 6. The van der Waals surface area contributed by atoms with Gasteiger partial charge in [0.25, 0.3) is 11.8 Å². The van der Waals surface area contributed by atoms with Gasteiger partial charge in [0.05, 0.1) is 18.4 Å². The molecule has 0 radical (unpaired) electrons. The van der Waals surface area contributed by atoms with Crippen LogP contribution in [0.3, 0.4) is 0 Å². The van der Waals surface area contributed by atoms with Gasteiger partial charge in [-0.2, -0.15) is 0 Å². The fourth-order valence-corrected chi connectivity index (χ4v) is 2.70. The summed E-state index contributed by atoms with van der Waals surface area (Å²) in [5.74, 6) is -1.76. The zero-order valence-electron chi connectivity index (χ0n) is 13.9. The Labute approximate surface area is 157 Å². The largest absolute Gasteiger partial charge is 0.496 e. The second kappa shape index (κ2) is 9.11. The fourth-order valence-electron chi connectivity index (χ4n) is 1.88. The molecule has 0 bridgehead atoms. The van der Waals surface area contributed by atoms with Gasteiger partial charge in [0.1, 0.15) is 5.75 Å². The third kappa shape index (κ3) is 4.90. The molecule has 0 atom stereocenters. The molecule has 2 amide bonds. The molecule has 11 heteroatoms. The molecule has 2 aromatic rings. The number of carbonyl (C=O) groups is 3. The van der Waals surface area contributed by atoms with Gasteiger partial charge in [0.2, 0.25) is 0 Å². The lowest BCUT2D eigenvalue weighted by atomic mass is 10.2. The van der Waals surface area contributed by atoms with Gasteiger partial charge in [-0.05, 0) is 36.2 Å². The van der Waals surface area contributed by atoms with Crippen LogP contribution in [-0.2, 0) is 16.0 Å². The molecule has 1 heterocycles. The molecule has 138 valence electrons. The van der Waals surface area contributed by atoms with Crippen molar-refractivity contribution in [1.29, 1.82) is 0 Å². The van der Waals surface area contributed by atoms with Crippen molar-refractivity contribution in [2.75, 3.05) is 13.7 Å². The number of hydrogen-bond donors (Lipinski definition) is 2. The van der Waals surface area contributed by atoms with Gasteiger partial charge in [0.15, 0.2) is 11.5 Å². The van der Waals surface area contributed by atoms with Gasteiger partial charge < -0.3 is 9.47 Å². The standard InChI is InChI=1S/C15H15ClN4O5S/c1-3-10-13(26-20-17-10)15(23)25-7-12(21)18-19-14(22)9-6-8(16)4-5-11(9)24-2/h4-6H,3,7H2,1-2H3,(H,18,21)(H,19,22). The number of aromatic nitrogens is 2. The van der Waals surface area contributed by atoms with Crippen LogP contribution in [0.4, 0.5) is 0 Å². The third-order valence-electron chi connectivity index (χ3n) is 3.13. The minimum Gasteiger partial charge on any atom is -0.496 e. The Balaban J connectivity index is 1.86. The molecule has 0 saturated carbocycles. The first-order valence-electron chi connectivity index (χ1n) is 7.37. The van der Waals surface area contributed by atoms with Crippen LogP contribution >= 0.6 is 23.1 Å². The fraction of sp³-hybridized carbons (Fsp3) is 0.267. The average Bonchev–Trinajstić information content (AvgIpc) is 3.12. The maximum Gasteiger partial charge on any atom is 0.352 e. The molecule has 0 aliphatic carbocycles. The summed E-state index contributed by atoms with van der Waals surface area (Å²) in [5, 5.41) is 4.12. The van der Waals surface area contributed by atoms with E-state index in [2.05, 4.69) is 20.4 Å². The van der Waals surface area contributed by atoms with Crippen LogP contribution in [0.2, 0.25) is 5.02 Å². The normalized spacial score (nSPS) is 10.1. The minimum atomic E-state index is -0.719. The minimum absolute atomic E-state index is 0.139. The van der Waals surface area contributed by atoms with Crippen LogP contribution in [0.1, 0.15) is 32.6 Å². The number of ether oxygens (including phenoxy) is 2. The number of aryl methyl sites for hydroxylation is 1. The van der Waals surface area contributed by atoms with Gasteiger partial charge in [-0.3, -0.25) is 20.4 Å². The lowest BCUT2D eigenvalue weighted by Crippen LogP contribution is -2.43. The Bertz CT molecular complexity index is 826. The zero-order valence-corrected chi connectivity index (χ0v) is 15.4. The van der Waals surface area contributed by atoms with Gasteiger partial charge in [-0.25, -0.2) is 4.79 Å². The SMILES string of the molecule is CCc1nnsc1C(=O)OCC(=O)NNC(=O)c1cc(Cl)ccc1OC. The van der Waals surface area contributed by atoms with Crippen molar-refractivity contribution >= 4 is 40.9 Å². The Morgan fingerprint density at radius 1 is 1.27 bits per heavy atom. The predicted octanol–water partition coefficient (Wildman–Crippen LogP) is 1.38. The number of carbonyl (C=O) groups excluding carboxylic acids is 3. The number of benzene rings is 1. The molecule has 0 spiro atoms. The van der Waals surface area contributed by atoms with E-state index in [1.165, 1.54) is 19.2 Å². The van der Waals surface area contributed by atoms with Crippen molar-refractivity contribution in [3.8, 4) is 5.75 Å². The Kier molecular flexibility index (Phi) is 6.87. The van der Waals surface area contributed by atoms with E-state index in [-0.39, 0.29) is 16.2 Å². The summed E-state index contributed by atoms with van der Waals surface area (Å²) < 4.78 is 13.6. The average molecular weight is 399 g/mol. The van der Waals surface area contributed by atoms with Gasteiger partial charge >= 0.3 is 5.97 Å². The molecule has 0 unspecified atom stereocenters. The summed E-state index contributed by atoms with van der Waals surface area (Å²) in [6, 6.07) is 4.48. The van der Waals surface area contributed by atoms with E-state index in [9.17, 15) is 14.4 Å². The molecule has 2 rings (SSSR count). The smallest absolute Gasteiger partial charge is 0.352 e. The zero-order chi connectivity index (χ0) is 19.1. The maximum absolute atomic E-state index is 12.1. The number of nitrogens with one attached hydrogen (secondary N) is 2. The number of esters is 1. The van der Waals surface area contributed by atoms with Crippen molar-refractivity contribution in [3.63, 3.8) is 0 Å². The summed E-state index contributed by atoms with van der Waals surface area (Å²) in [4.78, 5) is 36.0. The van der Waals surface area contributed by atoms with E-state index in [4.69, 9.17) is 21.1 Å². The quantitative estimate of drug-likeness (QED) is 0.557.